The van der Waals surface area contributed by atoms with Crippen LogP contribution in [-0.4, -0.2) is 19.0 Å². The van der Waals surface area contributed by atoms with Crippen molar-refractivity contribution in [3.63, 3.8) is 0 Å². The van der Waals surface area contributed by atoms with Gasteiger partial charge in [0.25, 0.3) is 0 Å². The molecule has 104 valence electrons. The fraction of sp³-hybridized carbons (Fsp3) is 0.533. The van der Waals surface area contributed by atoms with Crippen molar-refractivity contribution >= 4 is 27.5 Å². The summed E-state index contributed by atoms with van der Waals surface area (Å²) < 4.78 is 1.11. The van der Waals surface area contributed by atoms with Crippen molar-refractivity contribution in [2.45, 2.75) is 33.6 Å². The van der Waals surface area contributed by atoms with Gasteiger partial charge in [0.15, 0.2) is 0 Å². The summed E-state index contributed by atoms with van der Waals surface area (Å²) in [5.74, 6) is 0.140. The maximum Gasteiger partial charge on any atom is 0.231 e. The Kier molecular flexibility index (Phi) is 4.31. The first kappa shape index (κ1) is 14.5. The number of nitrogens with one attached hydrogen (secondary N) is 2. The predicted molar refractivity (Wildman–Crippen MR) is 82.5 cm³/mol. The highest BCUT2D eigenvalue weighted by atomic mass is 79.9. The standard InChI is InChI=1S/C15H21BrN2O/c1-4-15(5-6-17-9-15)14(19)18-12-7-10(2)13(16)11(3)8-12/h7-8,17H,4-6,9H2,1-3H3,(H,18,19). The van der Waals surface area contributed by atoms with Gasteiger partial charge in [-0.2, -0.15) is 0 Å². The molecule has 0 aliphatic carbocycles. The summed E-state index contributed by atoms with van der Waals surface area (Å²) in [6, 6.07) is 4.03. The average molecular weight is 325 g/mol. The van der Waals surface area contributed by atoms with Gasteiger partial charge in [0.2, 0.25) is 5.91 Å². The molecular weight excluding hydrogens is 304 g/mol. The van der Waals surface area contributed by atoms with E-state index in [4.69, 9.17) is 0 Å². The molecule has 0 spiro atoms. The zero-order chi connectivity index (χ0) is 14.0. The van der Waals surface area contributed by atoms with E-state index in [9.17, 15) is 4.79 Å². The smallest absolute Gasteiger partial charge is 0.231 e. The van der Waals surface area contributed by atoms with Crippen LogP contribution in [0.2, 0.25) is 0 Å². The highest BCUT2D eigenvalue weighted by molar-refractivity contribution is 9.10. The normalized spacial score (nSPS) is 22.5. The quantitative estimate of drug-likeness (QED) is 0.894. The van der Waals surface area contributed by atoms with Crippen LogP contribution in [0.5, 0.6) is 0 Å². The SMILES string of the molecule is CCC1(C(=O)Nc2cc(C)c(Br)c(C)c2)CCNC1. The highest BCUT2D eigenvalue weighted by Crippen LogP contribution is 2.32. The number of anilines is 1. The summed E-state index contributed by atoms with van der Waals surface area (Å²) in [6.07, 6.45) is 1.80. The van der Waals surface area contributed by atoms with Crippen LogP contribution in [0.1, 0.15) is 30.9 Å². The van der Waals surface area contributed by atoms with E-state index < -0.39 is 0 Å². The van der Waals surface area contributed by atoms with Crippen LogP contribution >= 0.6 is 15.9 Å². The summed E-state index contributed by atoms with van der Waals surface area (Å²) in [4.78, 5) is 12.5. The van der Waals surface area contributed by atoms with Crippen LogP contribution in [-0.2, 0) is 4.79 Å². The second-order valence-electron chi connectivity index (χ2n) is 5.44. The van der Waals surface area contributed by atoms with Crippen molar-refractivity contribution < 1.29 is 4.79 Å². The predicted octanol–water partition coefficient (Wildman–Crippen LogP) is 3.39. The van der Waals surface area contributed by atoms with Crippen LogP contribution in [0, 0.1) is 19.3 Å². The lowest BCUT2D eigenvalue weighted by atomic mass is 9.83. The van der Waals surface area contributed by atoms with Crippen LogP contribution in [0.4, 0.5) is 5.69 Å². The second kappa shape index (κ2) is 5.63. The van der Waals surface area contributed by atoms with Gasteiger partial charge in [-0.25, -0.2) is 0 Å². The zero-order valence-electron chi connectivity index (χ0n) is 11.8. The van der Waals surface area contributed by atoms with Crippen molar-refractivity contribution in [1.29, 1.82) is 0 Å². The average Bonchev–Trinajstić information content (AvgIpc) is 2.85. The first-order valence-electron chi connectivity index (χ1n) is 6.77. The highest BCUT2D eigenvalue weighted by Gasteiger charge is 2.39. The van der Waals surface area contributed by atoms with E-state index in [2.05, 4.69) is 33.5 Å². The minimum atomic E-state index is -0.241. The molecule has 1 unspecified atom stereocenters. The molecule has 1 amide bonds. The monoisotopic (exact) mass is 324 g/mol. The van der Waals surface area contributed by atoms with Gasteiger partial charge >= 0.3 is 0 Å². The first-order valence-corrected chi connectivity index (χ1v) is 7.57. The van der Waals surface area contributed by atoms with E-state index in [1.165, 1.54) is 0 Å². The number of hydrogen-bond donors (Lipinski definition) is 2. The Balaban J connectivity index is 2.19. The number of benzene rings is 1. The zero-order valence-corrected chi connectivity index (χ0v) is 13.4. The first-order chi connectivity index (χ1) is 8.98. The van der Waals surface area contributed by atoms with E-state index in [0.717, 1.165) is 47.2 Å². The van der Waals surface area contributed by atoms with Crippen molar-refractivity contribution in [3.8, 4) is 0 Å². The molecular formula is C15H21BrN2O. The fourth-order valence-electron chi connectivity index (χ4n) is 2.68. The molecule has 1 atom stereocenters. The lowest BCUT2D eigenvalue weighted by molar-refractivity contribution is -0.124. The summed E-state index contributed by atoms with van der Waals surface area (Å²) in [7, 11) is 0. The molecule has 2 rings (SSSR count). The number of hydrogen-bond acceptors (Lipinski definition) is 2. The lowest BCUT2D eigenvalue weighted by Gasteiger charge is -2.25. The molecule has 1 fully saturated rings. The third-order valence-corrected chi connectivity index (χ3v) is 5.35. The topological polar surface area (TPSA) is 41.1 Å². The Morgan fingerprint density at radius 3 is 2.53 bits per heavy atom. The third kappa shape index (κ3) is 2.84. The largest absolute Gasteiger partial charge is 0.326 e. The van der Waals surface area contributed by atoms with Gasteiger partial charge < -0.3 is 10.6 Å². The second-order valence-corrected chi connectivity index (χ2v) is 6.23. The van der Waals surface area contributed by atoms with Gasteiger partial charge in [-0.1, -0.05) is 22.9 Å². The van der Waals surface area contributed by atoms with E-state index in [1.54, 1.807) is 0 Å². The van der Waals surface area contributed by atoms with Crippen LogP contribution in [0.25, 0.3) is 0 Å². The molecule has 0 aromatic heterocycles. The Morgan fingerprint density at radius 1 is 1.42 bits per heavy atom. The van der Waals surface area contributed by atoms with E-state index >= 15 is 0 Å². The lowest BCUT2D eigenvalue weighted by Crippen LogP contribution is -2.37. The summed E-state index contributed by atoms with van der Waals surface area (Å²) >= 11 is 3.55. The fourth-order valence-corrected chi connectivity index (χ4v) is 2.91. The minimum Gasteiger partial charge on any atom is -0.326 e. The summed E-state index contributed by atoms with van der Waals surface area (Å²) in [5, 5.41) is 6.38. The third-order valence-electron chi connectivity index (χ3n) is 4.10. The summed E-state index contributed by atoms with van der Waals surface area (Å²) in [6.45, 7) is 7.88. The maximum absolute atomic E-state index is 12.5. The van der Waals surface area contributed by atoms with Crippen molar-refractivity contribution in [1.82, 2.24) is 5.32 Å². The maximum atomic E-state index is 12.5. The molecule has 1 aliphatic heterocycles. The van der Waals surface area contributed by atoms with Gasteiger partial charge in [-0.05, 0) is 56.5 Å². The van der Waals surface area contributed by atoms with Gasteiger partial charge in [-0.3, -0.25) is 4.79 Å². The Labute approximate surface area is 123 Å². The summed E-state index contributed by atoms with van der Waals surface area (Å²) in [5.41, 5.74) is 2.94. The van der Waals surface area contributed by atoms with E-state index in [-0.39, 0.29) is 11.3 Å². The molecule has 1 aromatic carbocycles. The molecule has 0 saturated carbocycles. The van der Waals surface area contributed by atoms with Crippen LogP contribution < -0.4 is 10.6 Å². The number of carbonyl (C=O) groups is 1. The molecule has 0 radical (unpaired) electrons. The van der Waals surface area contributed by atoms with Crippen molar-refractivity contribution in [3.05, 3.63) is 27.7 Å². The molecule has 2 N–H and O–H groups in total. The molecule has 4 heteroatoms. The van der Waals surface area contributed by atoms with Gasteiger partial charge in [0.05, 0.1) is 5.41 Å². The molecule has 3 nitrogen and oxygen atoms in total. The van der Waals surface area contributed by atoms with Crippen molar-refractivity contribution in [2.24, 2.45) is 5.41 Å². The number of aryl methyl sites for hydroxylation is 2. The van der Waals surface area contributed by atoms with Crippen LogP contribution in [0.3, 0.4) is 0 Å². The Morgan fingerprint density at radius 2 is 2.05 bits per heavy atom. The van der Waals surface area contributed by atoms with Crippen molar-refractivity contribution in [2.75, 3.05) is 18.4 Å². The molecule has 0 bridgehead atoms. The van der Waals surface area contributed by atoms with Gasteiger partial charge in [-0.15, -0.1) is 0 Å². The Hall–Kier alpha value is -0.870. The minimum absolute atomic E-state index is 0.140. The van der Waals surface area contributed by atoms with Crippen LogP contribution in [0.15, 0.2) is 16.6 Å². The molecule has 19 heavy (non-hydrogen) atoms. The number of halogens is 1. The Bertz CT molecular complexity index is 470. The molecule has 1 aliphatic rings. The number of amides is 1. The number of rotatable bonds is 3. The molecule has 1 aromatic rings. The van der Waals surface area contributed by atoms with Gasteiger partial charge in [0.1, 0.15) is 0 Å². The number of carbonyl (C=O) groups excluding carboxylic acids is 1. The van der Waals surface area contributed by atoms with E-state index in [1.807, 2.05) is 26.0 Å². The molecule has 1 heterocycles. The molecule has 1 saturated heterocycles. The van der Waals surface area contributed by atoms with E-state index in [0.29, 0.717) is 0 Å². The van der Waals surface area contributed by atoms with Gasteiger partial charge in [0, 0.05) is 16.7 Å².